The van der Waals surface area contributed by atoms with E-state index in [1.807, 2.05) is 116 Å². The van der Waals surface area contributed by atoms with E-state index in [4.69, 9.17) is 0 Å². The van der Waals surface area contributed by atoms with Crippen molar-refractivity contribution in [2.24, 2.45) is 0 Å². The second-order valence-corrected chi connectivity index (χ2v) is 10.6. The van der Waals surface area contributed by atoms with Crippen molar-refractivity contribution in [1.29, 1.82) is 0 Å². The Bertz CT molecular complexity index is 1600. The first-order valence-corrected chi connectivity index (χ1v) is 13.4. The Hall–Kier alpha value is -4.15. The summed E-state index contributed by atoms with van der Waals surface area (Å²) in [7, 11) is -3.90. The van der Waals surface area contributed by atoms with Crippen LogP contribution >= 0.6 is 0 Å². The average molecular weight is 490 g/mol. The summed E-state index contributed by atoms with van der Waals surface area (Å²) in [4.78, 5) is 0.585. The summed E-state index contributed by atoms with van der Waals surface area (Å²) in [5.41, 5.74) is 5.85. The zero-order chi connectivity index (χ0) is 25.1. The molecule has 0 atom stereocenters. The summed E-state index contributed by atoms with van der Waals surface area (Å²) in [5, 5.41) is 0. The predicted octanol–water partition coefficient (Wildman–Crippen LogP) is 7.82. The molecule has 4 heteroatoms. The van der Waals surface area contributed by atoms with Crippen LogP contribution in [0.1, 0.15) is 5.56 Å². The van der Waals surface area contributed by atoms with Crippen molar-refractivity contribution < 1.29 is 8.42 Å². The minimum Gasteiger partial charge on any atom is -0.335 e. The van der Waals surface area contributed by atoms with Crippen LogP contribution in [0.15, 0.2) is 138 Å². The monoisotopic (exact) mass is 489 g/mol. The maximum atomic E-state index is 14.5. The fourth-order valence-corrected chi connectivity index (χ4v) is 6.35. The van der Waals surface area contributed by atoms with Gasteiger partial charge in [0.1, 0.15) is 4.90 Å². The van der Waals surface area contributed by atoms with Gasteiger partial charge in [0.25, 0.3) is 0 Å². The van der Waals surface area contributed by atoms with Gasteiger partial charge in [-0.25, -0.2) is 8.42 Å². The van der Waals surface area contributed by atoms with Gasteiger partial charge in [0, 0.05) is 12.1 Å². The highest BCUT2D eigenvalue weighted by Crippen LogP contribution is 2.47. The molecule has 5 rings (SSSR count). The lowest BCUT2D eigenvalue weighted by Gasteiger charge is -2.13. The van der Waals surface area contributed by atoms with Crippen molar-refractivity contribution in [3.63, 3.8) is 0 Å². The smallest absolute Gasteiger partial charge is 0.209 e. The molecular formula is C32H27NO2S. The summed E-state index contributed by atoms with van der Waals surface area (Å²) in [6, 6.07) is 36.6. The van der Waals surface area contributed by atoms with Crippen molar-refractivity contribution in [1.82, 2.24) is 4.57 Å². The van der Waals surface area contributed by atoms with E-state index in [1.54, 1.807) is 12.1 Å². The Labute approximate surface area is 212 Å². The largest absolute Gasteiger partial charge is 0.335 e. The first-order valence-electron chi connectivity index (χ1n) is 11.9. The standard InChI is InChI=1S/C32H27NO2S/c1-3-23-33-30(26-15-9-5-10-16-26)29(25-13-7-4-8-14-25)32(31(33)27-17-11-6-12-18-27)36(34,35)28-21-19-24(2)20-22-28/h3-22H,1,23H2,2H3. The quantitative estimate of drug-likeness (QED) is 0.219. The van der Waals surface area contributed by atoms with E-state index in [0.717, 1.165) is 27.9 Å². The Morgan fingerprint density at radius 1 is 0.667 bits per heavy atom. The van der Waals surface area contributed by atoms with Crippen LogP contribution in [0.2, 0.25) is 0 Å². The number of sulfone groups is 1. The van der Waals surface area contributed by atoms with Gasteiger partial charge in [-0.3, -0.25) is 0 Å². The third-order valence-electron chi connectivity index (χ3n) is 6.29. The maximum absolute atomic E-state index is 14.5. The second kappa shape index (κ2) is 9.84. The zero-order valence-electron chi connectivity index (χ0n) is 20.1. The summed E-state index contributed by atoms with van der Waals surface area (Å²) < 4.78 is 31.1. The highest BCUT2D eigenvalue weighted by atomic mass is 32.2. The van der Waals surface area contributed by atoms with Crippen molar-refractivity contribution in [2.75, 3.05) is 0 Å². The van der Waals surface area contributed by atoms with Gasteiger partial charge in [-0.05, 0) is 35.7 Å². The molecule has 0 aliphatic heterocycles. The zero-order valence-corrected chi connectivity index (χ0v) is 20.9. The van der Waals surface area contributed by atoms with Crippen molar-refractivity contribution in [3.8, 4) is 33.6 Å². The van der Waals surface area contributed by atoms with Gasteiger partial charge in [0.2, 0.25) is 9.84 Å². The van der Waals surface area contributed by atoms with Gasteiger partial charge in [0.15, 0.2) is 0 Å². The Morgan fingerprint density at radius 2 is 1.14 bits per heavy atom. The molecule has 1 aromatic heterocycles. The molecule has 0 saturated heterocycles. The van der Waals surface area contributed by atoms with Crippen LogP contribution in [0.25, 0.3) is 33.6 Å². The number of hydrogen-bond donors (Lipinski definition) is 0. The number of hydrogen-bond acceptors (Lipinski definition) is 2. The highest BCUT2D eigenvalue weighted by Gasteiger charge is 2.34. The van der Waals surface area contributed by atoms with E-state index >= 15 is 0 Å². The lowest BCUT2D eigenvalue weighted by atomic mass is 10.0. The molecule has 4 aromatic carbocycles. The Balaban J connectivity index is 2.00. The molecule has 5 aromatic rings. The molecule has 3 nitrogen and oxygen atoms in total. The molecule has 0 radical (unpaired) electrons. The van der Waals surface area contributed by atoms with Crippen molar-refractivity contribution in [2.45, 2.75) is 23.3 Å². The van der Waals surface area contributed by atoms with Crippen LogP contribution in [-0.4, -0.2) is 13.0 Å². The number of allylic oxidation sites excluding steroid dienone is 1. The van der Waals surface area contributed by atoms with Crippen molar-refractivity contribution in [3.05, 3.63) is 133 Å². The molecule has 0 amide bonds. The van der Waals surface area contributed by atoms with E-state index in [1.165, 1.54) is 0 Å². The van der Waals surface area contributed by atoms with Crippen LogP contribution < -0.4 is 0 Å². The number of benzene rings is 4. The fraction of sp³-hybridized carbons (Fsp3) is 0.0625. The molecule has 0 aliphatic rings. The molecule has 36 heavy (non-hydrogen) atoms. The molecule has 0 N–H and O–H groups in total. The minimum atomic E-state index is -3.90. The Kier molecular flexibility index (Phi) is 6.45. The van der Waals surface area contributed by atoms with Crippen LogP contribution in [0.3, 0.4) is 0 Å². The third kappa shape index (κ3) is 4.21. The van der Waals surface area contributed by atoms with E-state index in [-0.39, 0.29) is 4.90 Å². The van der Waals surface area contributed by atoms with Gasteiger partial charge in [0.05, 0.1) is 16.3 Å². The molecule has 0 unspecified atom stereocenters. The van der Waals surface area contributed by atoms with Gasteiger partial charge in [-0.15, -0.1) is 6.58 Å². The second-order valence-electron chi connectivity index (χ2n) is 8.72. The first-order chi connectivity index (χ1) is 17.5. The van der Waals surface area contributed by atoms with Crippen LogP contribution in [0.4, 0.5) is 0 Å². The Morgan fingerprint density at radius 3 is 1.64 bits per heavy atom. The molecule has 0 saturated carbocycles. The molecular weight excluding hydrogens is 462 g/mol. The number of rotatable bonds is 7. The third-order valence-corrected chi connectivity index (χ3v) is 8.12. The molecule has 178 valence electrons. The number of aryl methyl sites for hydroxylation is 1. The predicted molar refractivity (Wildman–Crippen MR) is 148 cm³/mol. The summed E-state index contributed by atoms with van der Waals surface area (Å²) in [6.07, 6.45) is 1.82. The van der Waals surface area contributed by atoms with Crippen molar-refractivity contribution >= 4 is 9.84 Å². The average Bonchev–Trinajstić information content (AvgIpc) is 3.26. The molecule has 0 bridgehead atoms. The highest BCUT2D eigenvalue weighted by molar-refractivity contribution is 7.91. The van der Waals surface area contributed by atoms with Gasteiger partial charge >= 0.3 is 0 Å². The fourth-order valence-electron chi connectivity index (χ4n) is 4.66. The summed E-state index contributed by atoms with van der Waals surface area (Å²) in [6.45, 7) is 6.41. The molecule has 1 heterocycles. The van der Waals surface area contributed by atoms with Gasteiger partial charge < -0.3 is 4.57 Å². The summed E-state index contributed by atoms with van der Waals surface area (Å²) >= 11 is 0. The minimum absolute atomic E-state index is 0.276. The molecule has 0 fully saturated rings. The number of aromatic nitrogens is 1. The normalized spacial score (nSPS) is 11.4. The van der Waals surface area contributed by atoms with Crippen LogP contribution in [-0.2, 0) is 16.4 Å². The summed E-state index contributed by atoms with van der Waals surface area (Å²) in [5.74, 6) is 0. The maximum Gasteiger partial charge on any atom is 0.209 e. The lowest BCUT2D eigenvalue weighted by Crippen LogP contribution is -2.06. The van der Waals surface area contributed by atoms with E-state index in [2.05, 4.69) is 11.1 Å². The van der Waals surface area contributed by atoms with E-state index in [0.29, 0.717) is 22.7 Å². The van der Waals surface area contributed by atoms with Crippen LogP contribution in [0.5, 0.6) is 0 Å². The van der Waals surface area contributed by atoms with E-state index < -0.39 is 9.84 Å². The van der Waals surface area contributed by atoms with Crippen LogP contribution in [0, 0.1) is 6.92 Å². The van der Waals surface area contributed by atoms with Gasteiger partial charge in [-0.2, -0.15) is 0 Å². The SMILES string of the molecule is C=CCn1c(-c2ccccc2)c(-c2ccccc2)c(S(=O)(=O)c2ccc(C)cc2)c1-c1ccccc1. The number of nitrogens with zero attached hydrogens (tertiary/aromatic N) is 1. The van der Waals surface area contributed by atoms with Gasteiger partial charge in [-0.1, -0.05) is 115 Å². The topological polar surface area (TPSA) is 39.1 Å². The first kappa shape index (κ1) is 23.6. The molecule has 0 aliphatic carbocycles. The molecule has 0 spiro atoms. The van der Waals surface area contributed by atoms with E-state index in [9.17, 15) is 8.42 Å². The lowest BCUT2D eigenvalue weighted by molar-refractivity contribution is 0.596.